The first-order chi connectivity index (χ1) is 10.4. The molecule has 0 aliphatic heterocycles. The summed E-state index contributed by atoms with van der Waals surface area (Å²) >= 11 is 0. The number of benzene rings is 1. The number of carbonyl (C=O) groups excluding carboxylic acids is 1. The van der Waals surface area contributed by atoms with Crippen LogP contribution in [0.2, 0.25) is 0 Å². The zero-order valence-corrected chi connectivity index (χ0v) is 13.7. The molecular weight excluding hydrogens is 274 g/mol. The number of aliphatic hydroxyl groups excluding tert-OH is 1. The number of amides is 1. The fourth-order valence-corrected chi connectivity index (χ4v) is 3.05. The highest BCUT2D eigenvalue weighted by Gasteiger charge is 2.33. The van der Waals surface area contributed by atoms with Crippen molar-refractivity contribution in [3.63, 3.8) is 0 Å². The van der Waals surface area contributed by atoms with Crippen LogP contribution in [0.15, 0.2) is 54.1 Å². The van der Waals surface area contributed by atoms with Crippen LogP contribution < -0.4 is 0 Å². The van der Waals surface area contributed by atoms with Crippen molar-refractivity contribution in [2.45, 2.75) is 45.9 Å². The topological polar surface area (TPSA) is 40.5 Å². The van der Waals surface area contributed by atoms with Crippen molar-refractivity contribution in [1.29, 1.82) is 0 Å². The summed E-state index contributed by atoms with van der Waals surface area (Å²) < 4.78 is 0. The van der Waals surface area contributed by atoms with E-state index in [2.05, 4.69) is 0 Å². The van der Waals surface area contributed by atoms with Crippen LogP contribution in [0.5, 0.6) is 0 Å². The van der Waals surface area contributed by atoms with E-state index in [1.165, 1.54) is 0 Å². The molecule has 0 radical (unpaired) electrons. The van der Waals surface area contributed by atoms with E-state index in [9.17, 15) is 9.90 Å². The van der Waals surface area contributed by atoms with Crippen molar-refractivity contribution in [1.82, 2.24) is 4.90 Å². The van der Waals surface area contributed by atoms with Crippen LogP contribution in [0.3, 0.4) is 0 Å². The Labute approximate surface area is 133 Å². The lowest BCUT2D eigenvalue weighted by molar-refractivity contribution is -0.131. The van der Waals surface area contributed by atoms with Crippen molar-refractivity contribution < 1.29 is 9.90 Å². The lowest BCUT2D eigenvalue weighted by Gasteiger charge is -2.33. The van der Waals surface area contributed by atoms with Gasteiger partial charge in [0.1, 0.15) is 0 Å². The second-order valence-corrected chi connectivity index (χ2v) is 6.29. The summed E-state index contributed by atoms with van der Waals surface area (Å²) in [6, 6.07) is 9.76. The molecule has 1 aliphatic carbocycles. The molecule has 22 heavy (non-hydrogen) atoms. The molecule has 3 nitrogen and oxygen atoms in total. The van der Waals surface area contributed by atoms with Crippen LogP contribution >= 0.6 is 0 Å². The largest absolute Gasteiger partial charge is 0.387 e. The van der Waals surface area contributed by atoms with E-state index >= 15 is 0 Å². The molecule has 0 saturated carbocycles. The summed E-state index contributed by atoms with van der Waals surface area (Å²) in [5.74, 6) is -0.273. The smallest absolute Gasteiger partial charge is 0.250 e. The Balaban J connectivity index is 2.23. The maximum absolute atomic E-state index is 12.9. The van der Waals surface area contributed by atoms with Crippen LogP contribution in [0.25, 0.3) is 0 Å². The van der Waals surface area contributed by atoms with Gasteiger partial charge < -0.3 is 10.0 Å². The quantitative estimate of drug-likeness (QED) is 0.904. The molecule has 1 aromatic carbocycles. The van der Waals surface area contributed by atoms with Gasteiger partial charge in [-0.3, -0.25) is 4.79 Å². The Morgan fingerprint density at radius 2 is 1.68 bits per heavy atom. The van der Waals surface area contributed by atoms with Crippen molar-refractivity contribution in [3.05, 3.63) is 59.7 Å². The Kier molecular flexibility index (Phi) is 5.19. The maximum Gasteiger partial charge on any atom is 0.250 e. The van der Waals surface area contributed by atoms with Gasteiger partial charge in [0.05, 0.1) is 6.10 Å². The van der Waals surface area contributed by atoms with Gasteiger partial charge in [-0.25, -0.2) is 0 Å². The van der Waals surface area contributed by atoms with Crippen LogP contribution in [0.4, 0.5) is 0 Å². The van der Waals surface area contributed by atoms with Crippen LogP contribution in [0, 0.1) is 5.92 Å². The minimum absolute atomic E-state index is 0.00924. The lowest BCUT2D eigenvalue weighted by Crippen LogP contribution is -2.43. The number of aliphatic hydroxyl groups is 1. The van der Waals surface area contributed by atoms with Gasteiger partial charge in [0, 0.05) is 23.6 Å². The van der Waals surface area contributed by atoms with Gasteiger partial charge in [0.2, 0.25) is 0 Å². The van der Waals surface area contributed by atoms with E-state index in [0.717, 1.165) is 5.56 Å². The molecule has 1 aliphatic rings. The molecule has 3 heteroatoms. The summed E-state index contributed by atoms with van der Waals surface area (Å²) in [4.78, 5) is 14.7. The Bertz CT molecular complexity index is 564. The maximum atomic E-state index is 12.9. The first kappa shape index (κ1) is 16.5. The van der Waals surface area contributed by atoms with Crippen LogP contribution in [-0.2, 0) is 4.79 Å². The predicted octanol–water partition coefficient (Wildman–Crippen LogP) is 3.48. The number of carbonyl (C=O) groups is 1. The zero-order valence-electron chi connectivity index (χ0n) is 13.7. The van der Waals surface area contributed by atoms with Gasteiger partial charge in [-0.05, 0) is 33.3 Å². The van der Waals surface area contributed by atoms with E-state index < -0.39 is 6.10 Å². The van der Waals surface area contributed by atoms with Crippen LogP contribution in [0.1, 0.15) is 39.4 Å². The SMILES string of the molecule is CC(C)N(C(=O)C1=CC=CC1C(O)c1ccccc1)C(C)C. The second-order valence-electron chi connectivity index (χ2n) is 6.29. The fourth-order valence-electron chi connectivity index (χ4n) is 3.05. The molecule has 1 N–H and O–H groups in total. The minimum atomic E-state index is -0.698. The van der Waals surface area contributed by atoms with E-state index in [-0.39, 0.29) is 23.9 Å². The standard InChI is InChI=1S/C19H25NO2/c1-13(2)20(14(3)4)19(22)17-12-8-11-16(17)18(21)15-9-6-5-7-10-15/h5-14,16,18,21H,1-4H3. The van der Waals surface area contributed by atoms with Gasteiger partial charge >= 0.3 is 0 Å². The molecule has 0 spiro atoms. The zero-order chi connectivity index (χ0) is 16.3. The van der Waals surface area contributed by atoms with Gasteiger partial charge in [-0.2, -0.15) is 0 Å². The average Bonchev–Trinajstić information content (AvgIpc) is 2.96. The molecule has 0 bridgehead atoms. The van der Waals surface area contributed by atoms with Crippen molar-refractivity contribution in [2.24, 2.45) is 5.92 Å². The van der Waals surface area contributed by atoms with E-state index in [4.69, 9.17) is 0 Å². The highest BCUT2D eigenvalue weighted by Crippen LogP contribution is 2.34. The highest BCUT2D eigenvalue weighted by atomic mass is 16.3. The predicted molar refractivity (Wildman–Crippen MR) is 89.2 cm³/mol. The number of hydrogen-bond donors (Lipinski definition) is 1. The molecule has 118 valence electrons. The summed E-state index contributed by atoms with van der Waals surface area (Å²) in [7, 11) is 0. The van der Waals surface area contributed by atoms with Gasteiger partial charge in [-0.1, -0.05) is 48.6 Å². The van der Waals surface area contributed by atoms with Gasteiger partial charge in [0.15, 0.2) is 0 Å². The number of rotatable bonds is 5. The Morgan fingerprint density at radius 3 is 2.23 bits per heavy atom. The molecule has 0 saturated heterocycles. The Morgan fingerprint density at radius 1 is 1.09 bits per heavy atom. The third-order valence-corrected chi connectivity index (χ3v) is 4.03. The summed E-state index contributed by atoms with van der Waals surface area (Å²) in [6.45, 7) is 8.07. The summed E-state index contributed by atoms with van der Waals surface area (Å²) in [5.41, 5.74) is 1.50. The van der Waals surface area contributed by atoms with Crippen molar-refractivity contribution in [3.8, 4) is 0 Å². The highest BCUT2D eigenvalue weighted by molar-refractivity contribution is 5.96. The molecule has 1 amide bonds. The number of nitrogens with zero attached hydrogens (tertiary/aromatic N) is 1. The lowest BCUT2D eigenvalue weighted by atomic mass is 9.90. The molecule has 2 unspecified atom stereocenters. The molecule has 2 rings (SSSR count). The first-order valence-electron chi connectivity index (χ1n) is 7.87. The van der Waals surface area contributed by atoms with Gasteiger partial charge in [0.25, 0.3) is 5.91 Å². The minimum Gasteiger partial charge on any atom is -0.387 e. The average molecular weight is 299 g/mol. The van der Waals surface area contributed by atoms with Crippen molar-refractivity contribution >= 4 is 5.91 Å². The molecular formula is C19H25NO2. The molecule has 0 aromatic heterocycles. The van der Waals surface area contributed by atoms with E-state index in [0.29, 0.717) is 5.57 Å². The van der Waals surface area contributed by atoms with E-state index in [1.54, 1.807) is 0 Å². The molecule has 0 fully saturated rings. The molecule has 0 heterocycles. The summed E-state index contributed by atoms with van der Waals surface area (Å²) in [6.07, 6.45) is 4.90. The first-order valence-corrected chi connectivity index (χ1v) is 7.87. The van der Waals surface area contributed by atoms with E-state index in [1.807, 2.05) is 81.2 Å². The monoisotopic (exact) mass is 299 g/mol. The molecule has 2 atom stereocenters. The number of allylic oxidation sites excluding steroid dienone is 2. The number of hydrogen-bond acceptors (Lipinski definition) is 2. The summed E-state index contributed by atoms with van der Waals surface area (Å²) in [5, 5.41) is 10.6. The normalized spacial score (nSPS) is 18.7. The second kappa shape index (κ2) is 6.93. The van der Waals surface area contributed by atoms with Crippen LogP contribution in [-0.4, -0.2) is 28.0 Å². The van der Waals surface area contributed by atoms with Crippen molar-refractivity contribution in [2.75, 3.05) is 0 Å². The third-order valence-electron chi connectivity index (χ3n) is 4.03. The van der Waals surface area contributed by atoms with Gasteiger partial charge in [-0.15, -0.1) is 0 Å². The Hall–Kier alpha value is -1.87. The molecule has 1 aromatic rings. The fraction of sp³-hybridized carbons (Fsp3) is 0.421. The third kappa shape index (κ3) is 3.30.